The molecular formula is C18H21FN4O. The standard InChI is InChI=1S/C18H21FN4O/c19-14-5-1-2-6-16(14)23-11-8-17(18(23)24)22-10-3-4-13(12-22)15-7-9-20-21-15/h1-2,5-7,9,13,17H,3-4,8,10-12H2,(H,20,21). The molecule has 0 bridgehead atoms. The third-order valence-electron chi connectivity index (χ3n) is 5.18. The average Bonchev–Trinajstić information content (AvgIpc) is 3.26. The fourth-order valence-electron chi connectivity index (χ4n) is 3.95. The van der Waals surface area contributed by atoms with E-state index >= 15 is 0 Å². The van der Waals surface area contributed by atoms with Gasteiger partial charge in [0.15, 0.2) is 0 Å². The summed E-state index contributed by atoms with van der Waals surface area (Å²) in [6, 6.07) is 8.38. The molecule has 5 nitrogen and oxygen atoms in total. The number of likely N-dealkylation sites (tertiary alicyclic amines) is 1. The maximum absolute atomic E-state index is 14.0. The maximum Gasteiger partial charge on any atom is 0.244 e. The minimum absolute atomic E-state index is 0.0189. The van der Waals surface area contributed by atoms with Gasteiger partial charge in [-0.15, -0.1) is 0 Å². The van der Waals surface area contributed by atoms with E-state index in [0.717, 1.165) is 38.0 Å². The number of halogens is 1. The third kappa shape index (κ3) is 2.71. The molecule has 1 aromatic heterocycles. The van der Waals surface area contributed by atoms with Crippen LogP contribution in [0.4, 0.5) is 10.1 Å². The molecule has 0 saturated carbocycles. The van der Waals surface area contributed by atoms with E-state index in [0.29, 0.717) is 18.2 Å². The number of nitrogens with one attached hydrogen (secondary N) is 1. The largest absolute Gasteiger partial charge is 0.308 e. The van der Waals surface area contributed by atoms with Crippen molar-refractivity contribution >= 4 is 11.6 Å². The van der Waals surface area contributed by atoms with Crippen LogP contribution < -0.4 is 4.90 Å². The monoisotopic (exact) mass is 328 g/mol. The van der Waals surface area contributed by atoms with Crippen LogP contribution >= 0.6 is 0 Å². The topological polar surface area (TPSA) is 52.2 Å². The Morgan fingerprint density at radius 2 is 2.04 bits per heavy atom. The second-order valence-corrected chi connectivity index (χ2v) is 6.59. The van der Waals surface area contributed by atoms with Gasteiger partial charge in [-0.1, -0.05) is 12.1 Å². The molecule has 2 aliphatic rings. The number of amides is 1. The van der Waals surface area contributed by atoms with Crippen molar-refractivity contribution in [2.75, 3.05) is 24.5 Å². The van der Waals surface area contributed by atoms with Crippen molar-refractivity contribution in [3.05, 3.63) is 48.0 Å². The van der Waals surface area contributed by atoms with Crippen LogP contribution in [0, 0.1) is 5.82 Å². The molecule has 1 aromatic carbocycles. The Hall–Kier alpha value is -2.21. The van der Waals surface area contributed by atoms with Crippen LogP contribution in [0.5, 0.6) is 0 Å². The third-order valence-corrected chi connectivity index (χ3v) is 5.18. The van der Waals surface area contributed by atoms with E-state index in [4.69, 9.17) is 0 Å². The number of nitrogens with zero attached hydrogens (tertiary/aromatic N) is 3. The molecule has 2 fully saturated rings. The summed E-state index contributed by atoms with van der Waals surface area (Å²) in [5.74, 6) is 0.0717. The van der Waals surface area contributed by atoms with Crippen molar-refractivity contribution in [3.8, 4) is 0 Å². The smallest absolute Gasteiger partial charge is 0.244 e. The van der Waals surface area contributed by atoms with E-state index in [1.54, 1.807) is 29.3 Å². The number of benzene rings is 1. The van der Waals surface area contributed by atoms with Crippen LogP contribution in [0.3, 0.4) is 0 Å². The molecule has 0 spiro atoms. The van der Waals surface area contributed by atoms with Crippen molar-refractivity contribution < 1.29 is 9.18 Å². The normalized spacial score (nSPS) is 25.4. The van der Waals surface area contributed by atoms with E-state index in [1.165, 1.54) is 6.07 Å². The van der Waals surface area contributed by atoms with E-state index in [-0.39, 0.29) is 17.8 Å². The number of carbonyl (C=O) groups is 1. The number of aromatic nitrogens is 2. The summed E-state index contributed by atoms with van der Waals surface area (Å²) >= 11 is 0. The van der Waals surface area contributed by atoms with Gasteiger partial charge in [0, 0.05) is 30.9 Å². The predicted molar refractivity (Wildman–Crippen MR) is 89.3 cm³/mol. The summed E-state index contributed by atoms with van der Waals surface area (Å²) in [4.78, 5) is 16.7. The molecule has 0 aliphatic carbocycles. The molecule has 6 heteroatoms. The molecule has 2 aromatic rings. The summed E-state index contributed by atoms with van der Waals surface area (Å²) in [5.41, 5.74) is 1.53. The number of para-hydroxylation sites is 1. The highest BCUT2D eigenvalue weighted by atomic mass is 19.1. The number of hydrogen-bond donors (Lipinski definition) is 1. The van der Waals surface area contributed by atoms with Crippen LogP contribution in [0.15, 0.2) is 36.5 Å². The van der Waals surface area contributed by atoms with Crippen molar-refractivity contribution in [3.63, 3.8) is 0 Å². The Kier molecular flexibility index (Phi) is 4.06. The Morgan fingerprint density at radius 3 is 2.83 bits per heavy atom. The first kappa shape index (κ1) is 15.3. The number of carbonyl (C=O) groups excluding carboxylic acids is 1. The summed E-state index contributed by atoms with van der Waals surface area (Å²) in [7, 11) is 0. The Morgan fingerprint density at radius 1 is 1.17 bits per heavy atom. The number of rotatable bonds is 3. The van der Waals surface area contributed by atoms with Gasteiger partial charge in [0.2, 0.25) is 5.91 Å². The lowest BCUT2D eigenvalue weighted by Crippen LogP contribution is -2.46. The van der Waals surface area contributed by atoms with Crippen LogP contribution in [0.1, 0.15) is 30.9 Å². The molecule has 0 radical (unpaired) electrons. The first-order chi connectivity index (χ1) is 11.7. The zero-order chi connectivity index (χ0) is 16.5. The van der Waals surface area contributed by atoms with E-state index < -0.39 is 0 Å². The van der Waals surface area contributed by atoms with E-state index in [1.807, 2.05) is 6.07 Å². The van der Waals surface area contributed by atoms with Gasteiger partial charge in [0.05, 0.1) is 11.7 Å². The quantitative estimate of drug-likeness (QED) is 0.942. The van der Waals surface area contributed by atoms with Gasteiger partial charge < -0.3 is 4.90 Å². The molecule has 4 rings (SSSR count). The highest BCUT2D eigenvalue weighted by Gasteiger charge is 2.39. The summed E-state index contributed by atoms with van der Waals surface area (Å²) in [6.07, 6.45) is 4.70. The highest BCUT2D eigenvalue weighted by molar-refractivity contribution is 5.99. The fraction of sp³-hybridized carbons (Fsp3) is 0.444. The zero-order valence-electron chi connectivity index (χ0n) is 13.5. The summed E-state index contributed by atoms with van der Waals surface area (Å²) in [5, 5.41) is 7.09. The van der Waals surface area contributed by atoms with Gasteiger partial charge in [-0.2, -0.15) is 5.10 Å². The molecule has 2 unspecified atom stereocenters. The first-order valence-electron chi connectivity index (χ1n) is 8.53. The lowest BCUT2D eigenvalue weighted by molar-refractivity contribution is -0.122. The second-order valence-electron chi connectivity index (χ2n) is 6.59. The predicted octanol–water partition coefficient (Wildman–Crippen LogP) is 2.53. The lowest BCUT2D eigenvalue weighted by Gasteiger charge is -2.35. The van der Waals surface area contributed by atoms with Crippen LogP contribution in [0.2, 0.25) is 0 Å². The average molecular weight is 328 g/mol. The van der Waals surface area contributed by atoms with Crippen LogP contribution in [-0.4, -0.2) is 46.7 Å². The molecule has 2 saturated heterocycles. The van der Waals surface area contributed by atoms with Gasteiger partial charge in [0.25, 0.3) is 0 Å². The molecule has 3 heterocycles. The number of piperidine rings is 1. The van der Waals surface area contributed by atoms with Crippen molar-refractivity contribution in [2.45, 2.75) is 31.2 Å². The van der Waals surface area contributed by atoms with Gasteiger partial charge in [-0.3, -0.25) is 14.8 Å². The number of H-pyrrole nitrogens is 1. The van der Waals surface area contributed by atoms with Gasteiger partial charge in [-0.05, 0) is 44.0 Å². The summed E-state index contributed by atoms with van der Waals surface area (Å²) in [6.45, 7) is 2.35. The zero-order valence-corrected chi connectivity index (χ0v) is 13.5. The van der Waals surface area contributed by atoms with Gasteiger partial charge in [0.1, 0.15) is 5.82 Å². The number of anilines is 1. The second kappa shape index (κ2) is 6.36. The number of hydrogen-bond acceptors (Lipinski definition) is 3. The minimum Gasteiger partial charge on any atom is -0.308 e. The Bertz CT molecular complexity index is 718. The molecule has 2 aliphatic heterocycles. The van der Waals surface area contributed by atoms with Crippen LogP contribution in [0.25, 0.3) is 0 Å². The Balaban J connectivity index is 1.49. The molecular weight excluding hydrogens is 307 g/mol. The molecule has 1 N–H and O–H groups in total. The first-order valence-corrected chi connectivity index (χ1v) is 8.53. The minimum atomic E-state index is -0.333. The van der Waals surface area contributed by atoms with Gasteiger partial charge >= 0.3 is 0 Å². The molecule has 24 heavy (non-hydrogen) atoms. The van der Waals surface area contributed by atoms with E-state index in [9.17, 15) is 9.18 Å². The van der Waals surface area contributed by atoms with Gasteiger partial charge in [-0.25, -0.2) is 4.39 Å². The Labute approximate surface area is 140 Å². The molecule has 2 atom stereocenters. The van der Waals surface area contributed by atoms with E-state index in [2.05, 4.69) is 15.1 Å². The maximum atomic E-state index is 14.0. The van der Waals surface area contributed by atoms with Crippen molar-refractivity contribution in [2.24, 2.45) is 0 Å². The SMILES string of the molecule is O=C1C(N2CCCC(c3ccn[nH]3)C2)CCN1c1ccccc1F. The van der Waals surface area contributed by atoms with Crippen LogP contribution in [-0.2, 0) is 4.79 Å². The van der Waals surface area contributed by atoms with Crippen molar-refractivity contribution in [1.29, 1.82) is 0 Å². The number of aromatic amines is 1. The van der Waals surface area contributed by atoms with Crippen molar-refractivity contribution in [1.82, 2.24) is 15.1 Å². The lowest BCUT2D eigenvalue weighted by atomic mass is 9.93. The fourth-order valence-corrected chi connectivity index (χ4v) is 3.95. The summed E-state index contributed by atoms with van der Waals surface area (Å²) < 4.78 is 14.0. The highest BCUT2D eigenvalue weighted by Crippen LogP contribution is 2.31. The molecule has 1 amide bonds. The molecule has 126 valence electrons.